The Morgan fingerprint density at radius 3 is 2.71 bits per heavy atom. The van der Waals surface area contributed by atoms with Crippen LogP contribution in [0.5, 0.6) is 0 Å². The van der Waals surface area contributed by atoms with Gasteiger partial charge in [-0.15, -0.1) is 0 Å². The summed E-state index contributed by atoms with van der Waals surface area (Å²) in [5.41, 5.74) is 0. The molecule has 3 heteroatoms. The Hall–Kier alpha value is -0.570. The lowest BCUT2D eigenvalue weighted by Gasteiger charge is -2.20. The molecule has 0 radical (unpaired) electrons. The van der Waals surface area contributed by atoms with E-state index in [-0.39, 0.29) is 6.10 Å². The van der Waals surface area contributed by atoms with Gasteiger partial charge in [0.25, 0.3) is 0 Å². The summed E-state index contributed by atoms with van der Waals surface area (Å²) in [5, 5.41) is 9.44. The molecule has 3 nitrogen and oxygen atoms in total. The van der Waals surface area contributed by atoms with E-state index in [1.165, 1.54) is 12.8 Å². The summed E-state index contributed by atoms with van der Waals surface area (Å²) in [7, 11) is 0. The summed E-state index contributed by atoms with van der Waals surface area (Å²) >= 11 is 0. The zero-order valence-electron chi connectivity index (χ0n) is 8.61. The monoisotopic (exact) mass is 197 g/mol. The molecule has 0 aromatic heterocycles. The minimum atomic E-state index is -0.186. The Bertz CT molecular complexity index is 213. The van der Waals surface area contributed by atoms with Gasteiger partial charge < -0.3 is 10.0 Å². The third-order valence-corrected chi connectivity index (χ3v) is 3.21. The number of carbonyl (C=O) groups is 1. The van der Waals surface area contributed by atoms with Gasteiger partial charge in [0.15, 0.2) is 0 Å². The van der Waals surface area contributed by atoms with Crippen molar-refractivity contribution in [3.63, 3.8) is 0 Å². The average molecular weight is 197 g/mol. The molecule has 0 spiro atoms. The zero-order chi connectivity index (χ0) is 9.97. The molecule has 80 valence electrons. The number of aliphatic hydroxyl groups is 1. The standard InChI is InChI=1S/C11H19NO2/c13-10-2-1-6-12(7-5-10)11(14)8-9-3-4-9/h9-10,13H,1-8H2. The molecule has 0 aromatic rings. The highest BCUT2D eigenvalue weighted by Gasteiger charge is 2.27. The van der Waals surface area contributed by atoms with Crippen molar-refractivity contribution in [2.75, 3.05) is 13.1 Å². The fourth-order valence-corrected chi connectivity index (χ4v) is 2.03. The SMILES string of the molecule is O=C(CC1CC1)N1CCCC(O)CC1. The van der Waals surface area contributed by atoms with Crippen LogP contribution in [-0.2, 0) is 4.79 Å². The van der Waals surface area contributed by atoms with Gasteiger partial charge in [-0.2, -0.15) is 0 Å². The minimum Gasteiger partial charge on any atom is -0.393 e. The van der Waals surface area contributed by atoms with Crippen LogP contribution in [0, 0.1) is 5.92 Å². The van der Waals surface area contributed by atoms with Crippen LogP contribution in [0.15, 0.2) is 0 Å². The normalized spacial score (nSPS) is 28.6. The van der Waals surface area contributed by atoms with E-state index in [2.05, 4.69) is 0 Å². The molecule has 14 heavy (non-hydrogen) atoms. The van der Waals surface area contributed by atoms with E-state index in [4.69, 9.17) is 0 Å². The first kappa shape index (κ1) is 9.97. The Labute approximate surface area is 85.1 Å². The highest BCUT2D eigenvalue weighted by Crippen LogP contribution is 2.33. The van der Waals surface area contributed by atoms with E-state index in [9.17, 15) is 9.90 Å². The van der Waals surface area contributed by atoms with E-state index >= 15 is 0 Å². The highest BCUT2D eigenvalue weighted by molar-refractivity contribution is 5.76. The number of hydrogen-bond donors (Lipinski definition) is 1. The summed E-state index contributed by atoms with van der Waals surface area (Å²) in [6, 6.07) is 0. The second-order valence-corrected chi connectivity index (χ2v) is 4.61. The van der Waals surface area contributed by atoms with Crippen LogP contribution in [0.2, 0.25) is 0 Å². The zero-order valence-corrected chi connectivity index (χ0v) is 8.61. The molecule has 1 N–H and O–H groups in total. The van der Waals surface area contributed by atoms with Crippen molar-refractivity contribution in [1.82, 2.24) is 4.90 Å². The van der Waals surface area contributed by atoms with Gasteiger partial charge in [-0.05, 0) is 38.0 Å². The van der Waals surface area contributed by atoms with Gasteiger partial charge in [0.05, 0.1) is 6.10 Å². The van der Waals surface area contributed by atoms with Crippen molar-refractivity contribution >= 4 is 5.91 Å². The van der Waals surface area contributed by atoms with Crippen molar-refractivity contribution in [2.24, 2.45) is 5.92 Å². The molecule has 1 saturated carbocycles. The molecule has 1 saturated heterocycles. The molecular weight excluding hydrogens is 178 g/mol. The third kappa shape index (κ3) is 2.71. The number of likely N-dealkylation sites (tertiary alicyclic amines) is 1. The molecule has 1 amide bonds. The minimum absolute atomic E-state index is 0.186. The molecule has 1 aliphatic carbocycles. The Balaban J connectivity index is 1.79. The van der Waals surface area contributed by atoms with Crippen molar-refractivity contribution < 1.29 is 9.90 Å². The number of rotatable bonds is 2. The van der Waals surface area contributed by atoms with Crippen molar-refractivity contribution in [3.05, 3.63) is 0 Å². The van der Waals surface area contributed by atoms with Gasteiger partial charge in [-0.25, -0.2) is 0 Å². The first-order valence-electron chi connectivity index (χ1n) is 5.71. The predicted molar refractivity (Wildman–Crippen MR) is 53.8 cm³/mol. The van der Waals surface area contributed by atoms with Crippen molar-refractivity contribution in [2.45, 2.75) is 44.6 Å². The van der Waals surface area contributed by atoms with E-state index in [1.807, 2.05) is 4.90 Å². The number of hydrogen-bond acceptors (Lipinski definition) is 2. The number of aliphatic hydroxyl groups excluding tert-OH is 1. The Morgan fingerprint density at radius 2 is 2.00 bits per heavy atom. The van der Waals surface area contributed by atoms with Crippen LogP contribution >= 0.6 is 0 Å². The number of carbonyl (C=O) groups excluding carboxylic acids is 1. The van der Waals surface area contributed by atoms with Crippen molar-refractivity contribution in [1.29, 1.82) is 0 Å². The lowest BCUT2D eigenvalue weighted by Crippen LogP contribution is -2.32. The highest BCUT2D eigenvalue weighted by atomic mass is 16.3. The van der Waals surface area contributed by atoms with E-state index in [0.29, 0.717) is 11.8 Å². The first-order chi connectivity index (χ1) is 6.75. The molecule has 1 unspecified atom stereocenters. The molecule has 1 atom stereocenters. The molecule has 2 fully saturated rings. The Morgan fingerprint density at radius 1 is 1.21 bits per heavy atom. The second kappa shape index (κ2) is 4.30. The van der Waals surface area contributed by atoms with E-state index in [0.717, 1.165) is 38.8 Å². The first-order valence-corrected chi connectivity index (χ1v) is 5.71. The summed E-state index contributed by atoms with van der Waals surface area (Å²) in [6.45, 7) is 1.61. The van der Waals surface area contributed by atoms with Crippen LogP contribution in [0.3, 0.4) is 0 Å². The Kier molecular flexibility index (Phi) is 3.06. The van der Waals surface area contributed by atoms with Gasteiger partial charge in [0.1, 0.15) is 0 Å². The number of nitrogens with zero attached hydrogens (tertiary/aromatic N) is 1. The summed E-state index contributed by atoms with van der Waals surface area (Å²) < 4.78 is 0. The third-order valence-electron chi connectivity index (χ3n) is 3.21. The van der Waals surface area contributed by atoms with Crippen LogP contribution < -0.4 is 0 Å². The molecule has 0 bridgehead atoms. The molecule has 1 heterocycles. The van der Waals surface area contributed by atoms with Gasteiger partial charge >= 0.3 is 0 Å². The molecular formula is C11H19NO2. The summed E-state index contributed by atoms with van der Waals surface area (Å²) in [5.74, 6) is 0.984. The van der Waals surface area contributed by atoms with E-state index < -0.39 is 0 Å². The lowest BCUT2D eigenvalue weighted by atomic mass is 10.2. The van der Waals surface area contributed by atoms with Crippen LogP contribution in [0.4, 0.5) is 0 Å². The summed E-state index contributed by atoms with van der Waals surface area (Å²) in [6.07, 6.45) is 5.61. The van der Waals surface area contributed by atoms with Crippen LogP contribution in [0.25, 0.3) is 0 Å². The van der Waals surface area contributed by atoms with Gasteiger partial charge in [-0.3, -0.25) is 4.79 Å². The molecule has 2 aliphatic rings. The average Bonchev–Trinajstić information content (AvgIpc) is 2.93. The van der Waals surface area contributed by atoms with E-state index in [1.54, 1.807) is 0 Å². The topological polar surface area (TPSA) is 40.5 Å². The molecule has 1 aliphatic heterocycles. The number of amides is 1. The smallest absolute Gasteiger partial charge is 0.222 e. The van der Waals surface area contributed by atoms with Gasteiger partial charge in [0, 0.05) is 19.5 Å². The fraction of sp³-hybridized carbons (Fsp3) is 0.909. The maximum Gasteiger partial charge on any atom is 0.222 e. The fourth-order valence-electron chi connectivity index (χ4n) is 2.03. The second-order valence-electron chi connectivity index (χ2n) is 4.61. The van der Waals surface area contributed by atoms with Crippen LogP contribution in [0.1, 0.15) is 38.5 Å². The summed E-state index contributed by atoms with van der Waals surface area (Å²) in [4.78, 5) is 13.7. The van der Waals surface area contributed by atoms with Crippen molar-refractivity contribution in [3.8, 4) is 0 Å². The molecule has 2 rings (SSSR count). The maximum absolute atomic E-state index is 11.8. The largest absolute Gasteiger partial charge is 0.393 e. The van der Waals surface area contributed by atoms with Gasteiger partial charge in [-0.1, -0.05) is 0 Å². The lowest BCUT2D eigenvalue weighted by molar-refractivity contribution is -0.131. The van der Waals surface area contributed by atoms with Crippen LogP contribution in [-0.4, -0.2) is 35.1 Å². The quantitative estimate of drug-likeness (QED) is 0.721. The van der Waals surface area contributed by atoms with Gasteiger partial charge in [0.2, 0.25) is 5.91 Å². The maximum atomic E-state index is 11.8. The predicted octanol–water partition coefficient (Wildman–Crippen LogP) is 1.16. The molecule has 0 aromatic carbocycles.